The molecular weight excluding hydrogens is 176 g/mol. The van der Waals surface area contributed by atoms with Gasteiger partial charge in [0.1, 0.15) is 0 Å². The molecule has 0 aliphatic heterocycles. The van der Waals surface area contributed by atoms with Crippen LogP contribution in [0.1, 0.15) is 20.3 Å². The Kier molecular flexibility index (Phi) is 6.33. The molecule has 0 fully saturated rings. The van der Waals surface area contributed by atoms with Crippen LogP contribution in [0.4, 0.5) is 0 Å². The van der Waals surface area contributed by atoms with Gasteiger partial charge in [0.05, 0.1) is 0 Å². The lowest BCUT2D eigenvalue weighted by Crippen LogP contribution is -2.35. The third kappa shape index (κ3) is 7.30. The van der Waals surface area contributed by atoms with Crippen molar-refractivity contribution in [2.75, 3.05) is 47.4 Å². The molecule has 0 amide bonds. The molecule has 0 saturated carbocycles. The molecule has 0 spiro atoms. The minimum absolute atomic E-state index is 0.0207. The first-order valence-corrected chi connectivity index (χ1v) is 5.31. The maximum atomic E-state index is 9.12. The lowest BCUT2D eigenvalue weighted by molar-refractivity contribution is 0.114. The summed E-state index contributed by atoms with van der Waals surface area (Å²) in [6.07, 6.45) is 1.19. The van der Waals surface area contributed by atoms with Gasteiger partial charge in [-0.05, 0) is 40.7 Å². The van der Waals surface area contributed by atoms with E-state index < -0.39 is 0 Å². The average molecular weight is 202 g/mol. The molecule has 0 bridgehead atoms. The van der Waals surface area contributed by atoms with E-state index >= 15 is 0 Å². The lowest BCUT2D eigenvalue weighted by atomic mass is 9.94. The molecule has 0 heterocycles. The molecule has 0 aromatic heterocycles. The molecule has 0 saturated heterocycles. The summed E-state index contributed by atoms with van der Waals surface area (Å²) in [5, 5.41) is 9.12. The van der Waals surface area contributed by atoms with Gasteiger partial charge in [0.2, 0.25) is 0 Å². The first-order chi connectivity index (χ1) is 6.37. The van der Waals surface area contributed by atoms with Gasteiger partial charge in [0.25, 0.3) is 0 Å². The molecule has 0 unspecified atom stereocenters. The van der Waals surface area contributed by atoms with Crippen molar-refractivity contribution in [1.82, 2.24) is 9.80 Å². The van der Waals surface area contributed by atoms with Crippen molar-refractivity contribution in [3.05, 3.63) is 0 Å². The Morgan fingerprint density at radius 1 is 1.07 bits per heavy atom. The van der Waals surface area contributed by atoms with Gasteiger partial charge in [-0.1, -0.05) is 13.8 Å². The summed E-state index contributed by atoms with van der Waals surface area (Å²) in [5.74, 6) is 0. The average Bonchev–Trinajstić information content (AvgIpc) is 2.02. The summed E-state index contributed by atoms with van der Waals surface area (Å²) >= 11 is 0. The van der Waals surface area contributed by atoms with E-state index in [1.165, 1.54) is 6.42 Å². The van der Waals surface area contributed by atoms with Gasteiger partial charge in [-0.3, -0.25) is 0 Å². The fourth-order valence-corrected chi connectivity index (χ4v) is 1.52. The SMILES string of the molecule is CN(C)CCCN(C)CC(C)(C)CO. The molecule has 0 aliphatic rings. The second-order valence-corrected chi connectivity index (χ2v) is 5.22. The summed E-state index contributed by atoms with van der Waals surface area (Å²) < 4.78 is 0. The Morgan fingerprint density at radius 3 is 2.07 bits per heavy atom. The third-order valence-corrected chi connectivity index (χ3v) is 2.27. The van der Waals surface area contributed by atoms with Gasteiger partial charge >= 0.3 is 0 Å². The number of aliphatic hydroxyl groups excluding tert-OH is 1. The highest BCUT2D eigenvalue weighted by atomic mass is 16.3. The molecule has 0 radical (unpaired) electrons. The van der Waals surface area contributed by atoms with Crippen LogP contribution in [0, 0.1) is 5.41 Å². The van der Waals surface area contributed by atoms with E-state index in [9.17, 15) is 0 Å². The van der Waals surface area contributed by atoms with E-state index in [2.05, 4.69) is 44.8 Å². The van der Waals surface area contributed by atoms with Crippen molar-refractivity contribution < 1.29 is 5.11 Å². The summed E-state index contributed by atoms with van der Waals surface area (Å²) in [7, 11) is 6.31. The summed E-state index contributed by atoms with van der Waals surface area (Å²) in [6, 6.07) is 0. The lowest BCUT2D eigenvalue weighted by Gasteiger charge is -2.28. The molecule has 86 valence electrons. The maximum Gasteiger partial charge on any atom is 0.0494 e. The fourth-order valence-electron chi connectivity index (χ4n) is 1.52. The zero-order valence-corrected chi connectivity index (χ0v) is 10.4. The number of rotatable bonds is 7. The Labute approximate surface area is 88.7 Å². The van der Waals surface area contributed by atoms with E-state index in [0.29, 0.717) is 0 Å². The summed E-state index contributed by atoms with van der Waals surface area (Å²) in [4.78, 5) is 4.49. The first-order valence-electron chi connectivity index (χ1n) is 5.31. The van der Waals surface area contributed by atoms with Crippen LogP contribution in [-0.2, 0) is 0 Å². The minimum atomic E-state index is 0.0207. The van der Waals surface area contributed by atoms with Gasteiger partial charge in [-0.25, -0.2) is 0 Å². The number of hydrogen-bond donors (Lipinski definition) is 1. The Bertz CT molecular complexity index is 146. The zero-order chi connectivity index (χ0) is 11.2. The van der Waals surface area contributed by atoms with Crippen molar-refractivity contribution in [2.45, 2.75) is 20.3 Å². The van der Waals surface area contributed by atoms with Gasteiger partial charge in [0.15, 0.2) is 0 Å². The molecule has 0 aromatic rings. The van der Waals surface area contributed by atoms with Crippen molar-refractivity contribution in [3.8, 4) is 0 Å². The van der Waals surface area contributed by atoms with Crippen LogP contribution in [-0.4, -0.2) is 62.3 Å². The third-order valence-electron chi connectivity index (χ3n) is 2.27. The molecule has 0 aliphatic carbocycles. The van der Waals surface area contributed by atoms with E-state index in [0.717, 1.165) is 19.6 Å². The van der Waals surface area contributed by atoms with Gasteiger partial charge in [-0.2, -0.15) is 0 Å². The van der Waals surface area contributed by atoms with E-state index in [1.54, 1.807) is 0 Å². The van der Waals surface area contributed by atoms with Crippen LogP contribution in [0.3, 0.4) is 0 Å². The molecule has 14 heavy (non-hydrogen) atoms. The van der Waals surface area contributed by atoms with Crippen LogP contribution in [0.15, 0.2) is 0 Å². The Balaban J connectivity index is 3.60. The molecule has 3 heteroatoms. The molecule has 0 aromatic carbocycles. The van der Waals surface area contributed by atoms with Crippen molar-refractivity contribution in [2.24, 2.45) is 5.41 Å². The molecule has 3 nitrogen and oxygen atoms in total. The van der Waals surface area contributed by atoms with Crippen LogP contribution >= 0.6 is 0 Å². The Hall–Kier alpha value is -0.120. The standard InChI is InChI=1S/C11H26N2O/c1-11(2,10-14)9-13(5)8-6-7-12(3)4/h14H,6-10H2,1-5H3. The van der Waals surface area contributed by atoms with Gasteiger partial charge in [0, 0.05) is 18.6 Å². The monoisotopic (exact) mass is 202 g/mol. The topological polar surface area (TPSA) is 26.7 Å². The highest BCUT2D eigenvalue weighted by molar-refractivity contribution is 4.71. The van der Waals surface area contributed by atoms with E-state index in [-0.39, 0.29) is 12.0 Å². The second-order valence-electron chi connectivity index (χ2n) is 5.22. The molecule has 1 N–H and O–H groups in total. The highest BCUT2D eigenvalue weighted by Gasteiger charge is 2.18. The molecular formula is C11H26N2O. The predicted octanol–water partition coefficient (Wildman–Crippen LogP) is 0.888. The van der Waals surface area contributed by atoms with Crippen molar-refractivity contribution in [1.29, 1.82) is 0 Å². The van der Waals surface area contributed by atoms with Gasteiger partial charge in [-0.15, -0.1) is 0 Å². The largest absolute Gasteiger partial charge is 0.396 e. The van der Waals surface area contributed by atoms with Crippen LogP contribution in [0.25, 0.3) is 0 Å². The van der Waals surface area contributed by atoms with Crippen LogP contribution < -0.4 is 0 Å². The van der Waals surface area contributed by atoms with Crippen molar-refractivity contribution in [3.63, 3.8) is 0 Å². The minimum Gasteiger partial charge on any atom is -0.396 e. The smallest absolute Gasteiger partial charge is 0.0494 e. The number of hydrogen-bond acceptors (Lipinski definition) is 3. The number of nitrogens with zero attached hydrogens (tertiary/aromatic N) is 2. The fraction of sp³-hybridized carbons (Fsp3) is 1.00. The number of aliphatic hydroxyl groups is 1. The van der Waals surface area contributed by atoms with E-state index in [4.69, 9.17) is 5.11 Å². The summed E-state index contributed by atoms with van der Waals surface area (Å²) in [6.45, 7) is 7.62. The first kappa shape index (κ1) is 13.9. The highest BCUT2D eigenvalue weighted by Crippen LogP contribution is 2.14. The summed E-state index contributed by atoms with van der Waals surface area (Å²) in [5.41, 5.74) is 0.0207. The predicted molar refractivity (Wildman–Crippen MR) is 61.5 cm³/mol. The van der Waals surface area contributed by atoms with Gasteiger partial charge < -0.3 is 14.9 Å². The normalized spacial score (nSPS) is 12.9. The van der Waals surface area contributed by atoms with Crippen molar-refractivity contribution >= 4 is 0 Å². The van der Waals surface area contributed by atoms with E-state index in [1.807, 2.05) is 0 Å². The van der Waals surface area contributed by atoms with Crippen LogP contribution in [0.2, 0.25) is 0 Å². The maximum absolute atomic E-state index is 9.12. The molecule has 0 atom stereocenters. The second kappa shape index (κ2) is 6.38. The molecule has 0 rings (SSSR count). The Morgan fingerprint density at radius 2 is 1.64 bits per heavy atom. The zero-order valence-electron chi connectivity index (χ0n) is 10.4. The van der Waals surface area contributed by atoms with Crippen LogP contribution in [0.5, 0.6) is 0 Å². The quantitative estimate of drug-likeness (QED) is 0.664.